The molecule has 0 spiro atoms. The fraction of sp³-hybridized carbons (Fsp3) is 0.333. The molecule has 0 atom stereocenters. The molecule has 2 aromatic carbocycles. The van der Waals surface area contributed by atoms with E-state index in [0.29, 0.717) is 19.0 Å². The van der Waals surface area contributed by atoms with Crippen molar-refractivity contribution >= 4 is 32.7 Å². The number of aromatic nitrogens is 3. The summed E-state index contributed by atoms with van der Waals surface area (Å²) >= 11 is 0. The van der Waals surface area contributed by atoms with Gasteiger partial charge in [0.2, 0.25) is 5.95 Å². The fourth-order valence-electron chi connectivity index (χ4n) is 4.52. The van der Waals surface area contributed by atoms with Gasteiger partial charge in [-0.25, -0.2) is 17.9 Å². The summed E-state index contributed by atoms with van der Waals surface area (Å²) in [5.74, 6) is 0.628. The monoisotopic (exact) mass is 519 g/mol. The highest BCUT2D eigenvalue weighted by molar-refractivity contribution is 7.90. The molecule has 0 radical (unpaired) electrons. The van der Waals surface area contributed by atoms with Gasteiger partial charge in [0.05, 0.1) is 23.2 Å². The van der Waals surface area contributed by atoms with E-state index in [9.17, 15) is 8.42 Å². The van der Waals surface area contributed by atoms with Gasteiger partial charge in [-0.15, -0.1) is 5.10 Å². The zero-order chi connectivity index (χ0) is 25.8. The van der Waals surface area contributed by atoms with E-state index < -0.39 is 9.84 Å². The minimum absolute atomic E-state index is 0.113. The minimum atomic E-state index is -3.00. The Morgan fingerprint density at radius 3 is 2.46 bits per heavy atom. The van der Waals surface area contributed by atoms with Crippen molar-refractivity contribution < 1.29 is 8.42 Å². The number of fused-ring (bicyclic) bond motifs is 1. The lowest BCUT2D eigenvalue weighted by Crippen LogP contribution is -2.44. The molecule has 1 fully saturated rings. The summed E-state index contributed by atoms with van der Waals surface area (Å²) in [5, 5.41) is 11.4. The lowest BCUT2D eigenvalue weighted by atomic mass is 10.0. The van der Waals surface area contributed by atoms with E-state index in [4.69, 9.17) is 5.10 Å². The topological polar surface area (TPSA) is 94.9 Å². The van der Waals surface area contributed by atoms with Crippen molar-refractivity contribution in [3.63, 3.8) is 0 Å². The minimum Gasteiger partial charge on any atom is -0.369 e. The van der Waals surface area contributed by atoms with Crippen LogP contribution in [-0.2, 0) is 16.4 Å². The number of nitrogens with zero attached hydrogens (tertiary/aromatic N) is 5. The Morgan fingerprint density at radius 2 is 1.70 bits per heavy atom. The first kappa shape index (κ1) is 25.2. The summed E-state index contributed by atoms with van der Waals surface area (Å²) in [6, 6.07) is 20.5. The molecule has 0 unspecified atom stereocenters. The molecule has 2 aromatic heterocycles. The predicted octanol–water partition coefficient (Wildman–Crippen LogP) is 3.03. The second-order valence-corrected chi connectivity index (χ2v) is 11.8. The lowest BCUT2D eigenvalue weighted by molar-refractivity contribution is 0.313. The summed E-state index contributed by atoms with van der Waals surface area (Å²) in [6.45, 7) is 5.20. The Hall–Kier alpha value is -3.47. The third-order valence-corrected chi connectivity index (χ3v) is 7.59. The van der Waals surface area contributed by atoms with Crippen molar-refractivity contribution in [2.24, 2.45) is 0 Å². The number of sulfone groups is 1. The standard InChI is InChI=1S/C27H33N7O2S/c1-32-14-16-33(17-15-32)23-9-7-22(8-10-23)30-27-29-20-24-11-12-26(34(24)31-27)25-6-4-3-5-21(25)19-28-13-18-37(2,35)36/h3-12,20,28H,13-19H2,1-2H3,(H,30,31). The van der Waals surface area contributed by atoms with Gasteiger partial charge in [0, 0.05) is 62.5 Å². The highest BCUT2D eigenvalue weighted by Crippen LogP contribution is 2.26. The zero-order valence-corrected chi connectivity index (χ0v) is 22.1. The summed E-state index contributed by atoms with van der Waals surface area (Å²) in [6.07, 6.45) is 3.06. The Morgan fingerprint density at radius 1 is 0.946 bits per heavy atom. The average molecular weight is 520 g/mol. The molecule has 4 aromatic rings. The second-order valence-electron chi connectivity index (χ2n) is 9.56. The Kier molecular flexibility index (Phi) is 7.40. The summed E-state index contributed by atoms with van der Waals surface area (Å²) in [4.78, 5) is 9.27. The molecular weight excluding hydrogens is 486 g/mol. The summed E-state index contributed by atoms with van der Waals surface area (Å²) in [7, 11) is -0.835. The van der Waals surface area contributed by atoms with Crippen LogP contribution in [0.1, 0.15) is 5.56 Å². The number of nitrogens with one attached hydrogen (secondary N) is 2. The third-order valence-electron chi connectivity index (χ3n) is 6.65. The first-order valence-electron chi connectivity index (χ1n) is 12.5. The highest BCUT2D eigenvalue weighted by atomic mass is 32.2. The van der Waals surface area contributed by atoms with Crippen molar-refractivity contribution in [3.8, 4) is 11.3 Å². The van der Waals surface area contributed by atoms with E-state index in [1.165, 1.54) is 11.9 Å². The average Bonchev–Trinajstić information content (AvgIpc) is 3.30. The molecule has 10 heteroatoms. The van der Waals surface area contributed by atoms with Crippen LogP contribution in [0.15, 0.2) is 66.9 Å². The predicted molar refractivity (Wildman–Crippen MR) is 149 cm³/mol. The maximum absolute atomic E-state index is 11.4. The molecule has 0 bridgehead atoms. The van der Waals surface area contributed by atoms with Crippen molar-refractivity contribution in [2.45, 2.75) is 6.54 Å². The van der Waals surface area contributed by atoms with Gasteiger partial charge in [0.15, 0.2) is 0 Å². The van der Waals surface area contributed by atoms with Gasteiger partial charge in [-0.2, -0.15) is 0 Å². The second kappa shape index (κ2) is 10.9. The molecule has 3 heterocycles. The van der Waals surface area contributed by atoms with Crippen LogP contribution in [0.4, 0.5) is 17.3 Å². The molecule has 1 saturated heterocycles. The number of anilines is 3. The van der Waals surface area contributed by atoms with Gasteiger partial charge in [-0.3, -0.25) is 0 Å². The van der Waals surface area contributed by atoms with Crippen LogP contribution in [0.5, 0.6) is 0 Å². The Bertz CT molecular complexity index is 1460. The van der Waals surface area contributed by atoms with Crippen LogP contribution < -0.4 is 15.5 Å². The highest BCUT2D eigenvalue weighted by Gasteiger charge is 2.15. The number of benzene rings is 2. The van der Waals surface area contributed by atoms with Crippen LogP contribution in [0.2, 0.25) is 0 Å². The number of likely N-dealkylation sites (N-methyl/N-ethyl adjacent to an activating group) is 1. The maximum atomic E-state index is 11.4. The number of piperazine rings is 1. The first-order chi connectivity index (χ1) is 17.9. The van der Waals surface area contributed by atoms with E-state index in [0.717, 1.165) is 54.2 Å². The van der Waals surface area contributed by atoms with E-state index >= 15 is 0 Å². The third kappa shape index (κ3) is 6.27. The maximum Gasteiger partial charge on any atom is 0.245 e. The van der Waals surface area contributed by atoms with Crippen molar-refractivity contribution in [2.75, 3.05) is 62.0 Å². The summed E-state index contributed by atoms with van der Waals surface area (Å²) < 4.78 is 24.8. The molecule has 1 aliphatic rings. The molecule has 37 heavy (non-hydrogen) atoms. The molecule has 2 N–H and O–H groups in total. The van der Waals surface area contributed by atoms with Crippen molar-refractivity contribution in [1.82, 2.24) is 24.8 Å². The van der Waals surface area contributed by atoms with Crippen LogP contribution in [0, 0.1) is 0 Å². The van der Waals surface area contributed by atoms with Crippen molar-refractivity contribution in [3.05, 3.63) is 72.4 Å². The normalized spacial score (nSPS) is 14.8. The van der Waals surface area contributed by atoms with E-state index in [1.807, 2.05) is 41.0 Å². The van der Waals surface area contributed by atoms with E-state index in [2.05, 4.69) is 62.8 Å². The van der Waals surface area contributed by atoms with Gasteiger partial charge in [-0.05, 0) is 49.0 Å². The van der Waals surface area contributed by atoms with E-state index in [-0.39, 0.29) is 5.75 Å². The first-order valence-corrected chi connectivity index (χ1v) is 14.5. The summed E-state index contributed by atoms with van der Waals surface area (Å²) in [5.41, 5.74) is 6.11. The number of hydrogen-bond acceptors (Lipinski definition) is 8. The van der Waals surface area contributed by atoms with Gasteiger partial charge in [-0.1, -0.05) is 24.3 Å². The smallest absolute Gasteiger partial charge is 0.245 e. The molecule has 9 nitrogen and oxygen atoms in total. The number of rotatable bonds is 9. The van der Waals surface area contributed by atoms with Gasteiger partial charge in [0.1, 0.15) is 9.84 Å². The molecule has 0 saturated carbocycles. The van der Waals surface area contributed by atoms with Crippen LogP contribution in [0.3, 0.4) is 0 Å². The largest absolute Gasteiger partial charge is 0.369 e. The van der Waals surface area contributed by atoms with Gasteiger partial charge in [0.25, 0.3) is 0 Å². The molecule has 1 aliphatic heterocycles. The Balaban J connectivity index is 1.32. The van der Waals surface area contributed by atoms with E-state index in [1.54, 1.807) is 0 Å². The molecular formula is C27H33N7O2S. The zero-order valence-electron chi connectivity index (χ0n) is 21.3. The van der Waals surface area contributed by atoms with Crippen LogP contribution in [-0.4, -0.2) is 79.7 Å². The molecule has 0 amide bonds. The van der Waals surface area contributed by atoms with Crippen molar-refractivity contribution in [1.29, 1.82) is 0 Å². The fourth-order valence-corrected chi connectivity index (χ4v) is 5.03. The SMILES string of the molecule is CN1CCN(c2ccc(Nc3ncc4ccc(-c5ccccc5CNCCS(C)(=O)=O)n4n3)cc2)CC1. The molecule has 194 valence electrons. The van der Waals surface area contributed by atoms with Gasteiger partial charge < -0.3 is 20.4 Å². The lowest BCUT2D eigenvalue weighted by Gasteiger charge is -2.34. The number of hydrogen-bond donors (Lipinski definition) is 2. The van der Waals surface area contributed by atoms with Gasteiger partial charge >= 0.3 is 0 Å². The quantitative estimate of drug-likeness (QED) is 0.326. The van der Waals surface area contributed by atoms with Crippen LogP contribution >= 0.6 is 0 Å². The Labute approximate surface area is 218 Å². The van der Waals surface area contributed by atoms with Crippen LogP contribution in [0.25, 0.3) is 16.8 Å². The molecule has 5 rings (SSSR count). The molecule has 0 aliphatic carbocycles.